The van der Waals surface area contributed by atoms with Crippen molar-refractivity contribution in [3.8, 4) is 5.75 Å². The minimum atomic E-state index is 0.0312. The molecule has 0 aliphatic carbocycles. The van der Waals surface area contributed by atoms with Crippen LogP contribution in [0.1, 0.15) is 43.1 Å². The average Bonchev–Trinajstić information content (AvgIpc) is 2.14. The van der Waals surface area contributed by atoms with Gasteiger partial charge in [0.15, 0.2) is 5.78 Å². The number of ether oxygens (including phenoxy) is 1. The van der Waals surface area contributed by atoms with Crippen LogP contribution < -0.4 is 4.74 Å². The van der Waals surface area contributed by atoms with Crippen LogP contribution in [0, 0.1) is 12.3 Å². The molecule has 0 atom stereocenters. The molecular weight excluding hydrogens is 200 g/mol. The Labute approximate surface area is 97.6 Å². The van der Waals surface area contributed by atoms with Crippen molar-refractivity contribution in [2.45, 2.75) is 34.1 Å². The second-order valence-electron chi connectivity index (χ2n) is 5.34. The third kappa shape index (κ3) is 3.37. The molecule has 2 nitrogen and oxygen atoms in total. The zero-order valence-corrected chi connectivity index (χ0v) is 10.8. The molecule has 0 N–H and O–H groups in total. The Hall–Kier alpha value is -1.31. The highest BCUT2D eigenvalue weighted by molar-refractivity contribution is 5.97. The van der Waals surface area contributed by atoms with Gasteiger partial charge < -0.3 is 4.74 Å². The molecule has 16 heavy (non-hydrogen) atoms. The summed E-state index contributed by atoms with van der Waals surface area (Å²) >= 11 is 0. The van der Waals surface area contributed by atoms with Crippen molar-refractivity contribution in [3.63, 3.8) is 0 Å². The Kier molecular flexibility index (Phi) is 3.74. The van der Waals surface area contributed by atoms with E-state index in [1.165, 1.54) is 0 Å². The number of Topliss-reactive ketones (excluding diaryl/α,β-unsaturated/α-hetero) is 1. The van der Waals surface area contributed by atoms with Crippen LogP contribution in [0.5, 0.6) is 5.75 Å². The van der Waals surface area contributed by atoms with Gasteiger partial charge in [0, 0.05) is 12.0 Å². The second-order valence-corrected chi connectivity index (χ2v) is 5.34. The molecule has 0 aliphatic rings. The lowest BCUT2D eigenvalue weighted by atomic mass is 9.87. The zero-order valence-electron chi connectivity index (χ0n) is 10.8. The minimum absolute atomic E-state index is 0.0312. The van der Waals surface area contributed by atoms with Crippen LogP contribution >= 0.6 is 0 Å². The maximum absolute atomic E-state index is 12.0. The topological polar surface area (TPSA) is 26.3 Å². The number of carbonyl (C=O) groups is 1. The Morgan fingerprint density at radius 2 is 1.94 bits per heavy atom. The van der Waals surface area contributed by atoms with E-state index in [0.717, 1.165) is 16.9 Å². The molecule has 0 fully saturated rings. The lowest BCUT2D eigenvalue weighted by Gasteiger charge is -2.17. The van der Waals surface area contributed by atoms with Gasteiger partial charge in [-0.1, -0.05) is 20.8 Å². The van der Waals surface area contributed by atoms with Crippen molar-refractivity contribution < 1.29 is 9.53 Å². The van der Waals surface area contributed by atoms with Gasteiger partial charge in [0.05, 0.1) is 7.11 Å². The minimum Gasteiger partial charge on any atom is -0.497 e. The van der Waals surface area contributed by atoms with E-state index in [1.54, 1.807) is 7.11 Å². The van der Waals surface area contributed by atoms with Crippen LogP contribution in [0.2, 0.25) is 0 Å². The molecule has 0 aromatic heterocycles. The summed E-state index contributed by atoms with van der Waals surface area (Å²) in [6, 6.07) is 5.58. The summed E-state index contributed by atoms with van der Waals surface area (Å²) in [6.45, 7) is 8.16. The Morgan fingerprint density at radius 1 is 1.31 bits per heavy atom. The first-order valence-corrected chi connectivity index (χ1v) is 5.51. The Balaban J connectivity index is 2.93. The Morgan fingerprint density at radius 3 is 2.38 bits per heavy atom. The van der Waals surface area contributed by atoms with Crippen LogP contribution in [-0.2, 0) is 0 Å². The molecule has 0 bridgehead atoms. The van der Waals surface area contributed by atoms with Gasteiger partial charge in [0.25, 0.3) is 0 Å². The van der Waals surface area contributed by atoms with E-state index < -0.39 is 0 Å². The molecule has 0 heterocycles. The largest absolute Gasteiger partial charge is 0.497 e. The molecule has 0 saturated carbocycles. The fraction of sp³-hybridized carbons (Fsp3) is 0.500. The molecule has 1 rings (SSSR count). The molecule has 0 amide bonds. The van der Waals surface area contributed by atoms with Crippen LogP contribution in [-0.4, -0.2) is 12.9 Å². The highest BCUT2D eigenvalue weighted by Crippen LogP contribution is 2.24. The fourth-order valence-corrected chi connectivity index (χ4v) is 1.65. The van der Waals surface area contributed by atoms with E-state index >= 15 is 0 Å². The number of methoxy groups -OCH3 is 1. The second kappa shape index (κ2) is 4.69. The quantitative estimate of drug-likeness (QED) is 0.727. The van der Waals surface area contributed by atoms with Gasteiger partial charge in [-0.2, -0.15) is 0 Å². The maximum atomic E-state index is 12.0. The van der Waals surface area contributed by atoms with Crippen molar-refractivity contribution >= 4 is 5.78 Å². The van der Waals surface area contributed by atoms with Gasteiger partial charge in [-0.3, -0.25) is 4.79 Å². The number of rotatable bonds is 3. The lowest BCUT2D eigenvalue weighted by Crippen LogP contribution is -2.13. The van der Waals surface area contributed by atoms with Crippen molar-refractivity contribution in [3.05, 3.63) is 29.3 Å². The molecule has 88 valence electrons. The molecule has 0 saturated heterocycles. The highest BCUT2D eigenvalue weighted by Gasteiger charge is 2.18. The van der Waals surface area contributed by atoms with Crippen molar-refractivity contribution in [2.24, 2.45) is 5.41 Å². The number of aryl methyl sites for hydroxylation is 1. The summed E-state index contributed by atoms with van der Waals surface area (Å²) < 4.78 is 5.12. The molecule has 2 heteroatoms. The molecule has 0 spiro atoms. The van der Waals surface area contributed by atoms with E-state index in [0.29, 0.717) is 6.42 Å². The van der Waals surface area contributed by atoms with Crippen molar-refractivity contribution in [1.29, 1.82) is 0 Å². The summed E-state index contributed by atoms with van der Waals surface area (Å²) in [4.78, 5) is 12.0. The standard InChI is InChI=1S/C14H20O2/c1-10-8-11(16-5)6-7-12(10)13(15)9-14(2,3)4/h6-8H,9H2,1-5H3. The normalized spacial score (nSPS) is 11.3. The number of hydrogen-bond acceptors (Lipinski definition) is 2. The molecule has 1 aromatic rings. The highest BCUT2D eigenvalue weighted by atomic mass is 16.5. The van der Waals surface area contributed by atoms with E-state index in [9.17, 15) is 4.79 Å². The molecular formula is C14H20O2. The molecule has 0 radical (unpaired) electrons. The Bertz CT molecular complexity index is 386. The van der Waals surface area contributed by atoms with Gasteiger partial charge in [-0.05, 0) is 36.1 Å². The molecule has 0 unspecified atom stereocenters. The van der Waals surface area contributed by atoms with Crippen LogP contribution in [0.4, 0.5) is 0 Å². The van der Waals surface area contributed by atoms with Crippen LogP contribution in [0.15, 0.2) is 18.2 Å². The summed E-state index contributed by atoms with van der Waals surface area (Å²) in [6.07, 6.45) is 0.570. The summed E-state index contributed by atoms with van der Waals surface area (Å²) in [5.41, 5.74) is 1.81. The third-order valence-corrected chi connectivity index (χ3v) is 2.42. The predicted molar refractivity (Wildman–Crippen MR) is 66.1 cm³/mol. The van der Waals surface area contributed by atoms with E-state index in [4.69, 9.17) is 4.74 Å². The number of hydrogen-bond donors (Lipinski definition) is 0. The first kappa shape index (κ1) is 12.8. The summed E-state index contributed by atoms with van der Waals surface area (Å²) in [5, 5.41) is 0. The number of benzene rings is 1. The number of carbonyl (C=O) groups excluding carboxylic acids is 1. The average molecular weight is 220 g/mol. The molecule has 1 aromatic carbocycles. The third-order valence-electron chi connectivity index (χ3n) is 2.42. The lowest BCUT2D eigenvalue weighted by molar-refractivity contribution is 0.0939. The zero-order chi connectivity index (χ0) is 12.3. The van der Waals surface area contributed by atoms with Gasteiger partial charge in [0.2, 0.25) is 0 Å². The molecule has 0 aliphatic heterocycles. The van der Waals surface area contributed by atoms with Crippen molar-refractivity contribution in [1.82, 2.24) is 0 Å². The monoisotopic (exact) mass is 220 g/mol. The fourth-order valence-electron chi connectivity index (χ4n) is 1.65. The van der Waals surface area contributed by atoms with E-state index in [2.05, 4.69) is 20.8 Å². The van der Waals surface area contributed by atoms with Crippen LogP contribution in [0.25, 0.3) is 0 Å². The van der Waals surface area contributed by atoms with Crippen molar-refractivity contribution in [2.75, 3.05) is 7.11 Å². The van der Waals surface area contributed by atoms with Gasteiger partial charge in [0.1, 0.15) is 5.75 Å². The number of ketones is 1. The first-order chi connectivity index (χ1) is 7.33. The SMILES string of the molecule is COc1ccc(C(=O)CC(C)(C)C)c(C)c1. The maximum Gasteiger partial charge on any atom is 0.163 e. The van der Waals surface area contributed by atoms with Crippen LogP contribution in [0.3, 0.4) is 0 Å². The van der Waals surface area contributed by atoms with Gasteiger partial charge in [-0.15, -0.1) is 0 Å². The van der Waals surface area contributed by atoms with E-state index in [-0.39, 0.29) is 11.2 Å². The summed E-state index contributed by atoms with van der Waals surface area (Å²) in [7, 11) is 1.63. The smallest absolute Gasteiger partial charge is 0.163 e. The van der Waals surface area contributed by atoms with Gasteiger partial charge >= 0.3 is 0 Å². The summed E-state index contributed by atoms with van der Waals surface area (Å²) in [5.74, 6) is 0.998. The van der Waals surface area contributed by atoms with Gasteiger partial charge in [-0.25, -0.2) is 0 Å². The first-order valence-electron chi connectivity index (χ1n) is 5.51. The predicted octanol–water partition coefficient (Wildman–Crippen LogP) is 3.62. The van der Waals surface area contributed by atoms with E-state index in [1.807, 2.05) is 25.1 Å².